The van der Waals surface area contributed by atoms with Crippen LogP contribution in [0.4, 0.5) is 0 Å². The van der Waals surface area contributed by atoms with E-state index in [4.69, 9.17) is 33.2 Å². The van der Waals surface area contributed by atoms with E-state index in [1.54, 1.807) is 26.0 Å². The molecule has 0 aromatic carbocycles. The van der Waals surface area contributed by atoms with E-state index in [0.29, 0.717) is 19.4 Å². The van der Waals surface area contributed by atoms with E-state index in [1.807, 2.05) is 20.8 Å². The maximum atomic E-state index is 13.3. The third-order valence-electron chi connectivity index (χ3n) is 10.3. The van der Waals surface area contributed by atoms with Crippen LogP contribution in [-0.2, 0) is 47.5 Å². The summed E-state index contributed by atoms with van der Waals surface area (Å²) in [5.41, 5.74) is -1.91. The van der Waals surface area contributed by atoms with Crippen molar-refractivity contribution >= 4 is 17.9 Å². The van der Waals surface area contributed by atoms with Gasteiger partial charge in [-0.25, -0.2) is 4.79 Å². The van der Waals surface area contributed by atoms with Crippen molar-refractivity contribution in [2.45, 2.75) is 167 Å². The molecular weight excluding hydrogens is 692 g/mol. The van der Waals surface area contributed by atoms with E-state index in [2.05, 4.69) is 6.92 Å². The van der Waals surface area contributed by atoms with Gasteiger partial charge in [-0.15, -0.1) is 0 Å². The summed E-state index contributed by atoms with van der Waals surface area (Å²) in [5, 5.41) is 45.2. The summed E-state index contributed by atoms with van der Waals surface area (Å²) in [4.78, 5) is 38.9. The highest BCUT2D eigenvalue weighted by molar-refractivity contribution is 5.83. The van der Waals surface area contributed by atoms with Gasteiger partial charge in [-0.2, -0.15) is 0 Å². The van der Waals surface area contributed by atoms with Crippen molar-refractivity contribution in [3.8, 4) is 0 Å². The Bertz CT molecular complexity index is 1260. The fourth-order valence-corrected chi connectivity index (χ4v) is 6.70. The molecule has 2 fully saturated rings. The van der Waals surface area contributed by atoms with Crippen LogP contribution in [0.15, 0.2) is 23.8 Å². The predicted molar refractivity (Wildman–Crippen MR) is 192 cm³/mol. The first-order chi connectivity index (χ1) is 24.9. The second-order valence-electron chi connectivity index (χ2n) is 16.0. The van der Waals surface area contributed by atoms with Gasteiger partial charge in [-0.05, 0) is 37.3 Å². The average molecular weight is 757 g/mol. The molecule has 1 unspecified atom stereocenters. The molecular formula is C39H64O14. The molecule has 304 valence electrons. The van der Waals surface area contributed by atoms with Crippen LogP contribution in [0.2, 0.25) is 0 Å². The van der Waals surface area contributed by atoms with E-state index in [1.165, 1.54) is 7.11 Å². The van der Waals surface area contributed by atoms with Gasteiger partial charge in [0.2, 0.25) is 5.79 Å². The number of rotatable bonds is 9. The molecule has 0 saturated carbocycles. The number of esters is 3. The molecule has 3 heterocycles. The summed E-state index contributed by atoms with van der Waals surface area (Å²) >= 11 is 0. The minimum atomic E-state index is -2.31. The average Bonchev–Trinajstić information content (AvgIpc) is 3.07. The summed E-state index contributed by atoms with van der Waals surface area (Å²) in [6.07, 6.45) is 2.90. The molecule has 53 heavy (non-hydrogen) atoms. The first-order valence-corrected chi connectivity index (χ1v) is 19.1. The van der Waals surface area contributed by atoms with Crippen LogP contribution in [-0.4, -0.2) is 114 Å². The monoisotopic (exact) mass is 756 g/mol. The molecule has 2 saturated heterocycles. The number of methoxy groups -OCH3 is 1. The molecule has 4 bridgehead atoms. The van der Waals surface area contributed by atoms with E-state index in [0.717, 1.165) is 31.8 Å². The van der Waals surface area contributed by atoms with Gasteiger partial charge in [0, 0.05) is 36.2 Å². The highest BCUT2D eigenvalue weighted by Gasteiger charge is 2.57. The molecule has 14 nitrogen and oxygen atoms in total. The molecule has 8 atom stereocenters. The van der Waals surface area contributed by atoms with Gasteiger partial charge in [-0.3, -0.25) is 9.59 Å². The summed E-state index contributed by atoms with van der Waals surface area (Å²) in [6.45, 7) is 10.5. The topological polar surface area (TPSA) is 197 Å². The van der Waals surface area contributed by atoms with Gasteiger partial charge in [0.1, 0.15) is 6.10 Å². The van der Waals surface area contributed by atoms with Gasteiger partial charge in [0.05, 0.1) is 51.7 Å². The van der Waals surface area contributed by atoms with Crippen LogP contribution < -0.4 is 0 Å². The smallest absolute Gasteiger partial charge is 0.330 e. The Morgan fingerprint density at radius 1 is 1.04 bits per heavy atom. The first-order valence-electron chi connectivity index (χ1n) is 19.1. The van der Waals surface area contributed by atoms with Crippen LogP contribution in [0.5, 0.6) is 0 Å². The largest absolute Gasteiger partial charge is 0.466 e. The zero-order valence-electron chi connectivity index (χ0n) is 32.7. The Labute approximate surface area is 314 Å². The normalized spacial score (nSPS) is 34.8. The second kappa shape index (κ2) is 19.9. The van der Waals surface area contributed by atoms with Crippen molar-refractivity contribution in [3.63, 3.8) is 0 Å². The Hall–Kier alpha value is -2.43. The van der Waals surface area contributed by atoms with Crippen LogP contribution in [0.25, 0.3) is 0 Å². The molecule has 14 heteroatoms. The van der Waals surface area contributed by atoms with Crippen LogP contribution in [0.1, 0.15) is 119 Å². The van der Waals surface area contributed by atoms with Gasteiger partial charge in [0.25, 0.3) is 0 Å². The lowest BCUT2D eigenvalue weighted by molar-refractivity contribution is -0.327. The second-order valence-corrected chi connectivity index (χ2v) is 16.0. The van der Waals surface area contributed by atoms with E-state index in [9.17, 15) is 34.8 Å². The molecule has 0 aliphatic carbocycles. The lowest BCUT2D eigenvalue weighted by Crippen LogP contribution is -2.62. The van der Waals surface area contributed by atoms with E-state index >= 15 is 0 Å². The minimum Gasteiger partial charge on any atom is -0.466 e. The number of fused-ring (bicyclic) bond motifs is 4. The number of unbranched alkanes of at least 4 members (excludes halogenated alkanes) is 4. The van der Waals surface area contributed by atoms with Crippen molar-refractivity contribution in [2.75, 3.05) is 26.9 Å². The molecule has 0 radical (unpaired) electrons. The fraction of sp³-hybridized carbons (Fsp3) is 0.821. The zero-order chi connectivity index (χ0) is 39.5. The number of hydrogen-bond acceptors (Lipinski definition) is 14. The molecule has 3 rings (SSSR count). The molecule has 0 amide bonds. The van der Waals surface area contributed by atoms with Gasteiger partial charge in [-0.1, -0.05) is 73.3 Å². The summed E-state index contributed by atoms with van der Waals surface area (Å²) in [7, 11) is 1.20. The van der Waals surface area contributed by atoms with Crippen LogP contribution in [0, 0.1) is 10.8 Å². The molecule has 0 aromatic heterocycles. The summed E-state index contributed by atoms with van der Waals surface area (Å²) in [5.74, 6) is -6.09. The lowest BCUT2D eigenvalue weighted by Gasteiger charge is -2.51. The maximum Gasteiger partial charge on any atom is 0.330 e. The number of carbonyl (C=O) groups is 3. The maximum absolute atomic E-state index is 13.3. The Balaban J connectivity index is 2.06. The summed E-state index contributed by atoms with van der Waals surface area (Å²) in [6, 6.07) is 0. The summed E-state index contributed by atoms with van der Waals surface area (Å²) < 4.78 is 40.9. The minimum absolute atomic E-state index is 0.0195. The number of aliphatic hydroxyl groups is 4. The van der Waals surface area contributed by atoms with Crippen molar-refractivity contribution < 1.29 is 68.0 Å². The van der Waals surface area contributed by atoms with Crippen molar-refractivity contribution in [1.82, 2.24) is 0 Å². The molecule has 0 aromatic rings. The molecule has 3 aliphatic heterocycles. The SMILES string of the molecule is CCCCCCCC(=O)O[C@H]1/C(=C/C(=O)OC)C[C@H]2CC(CO)OC(=O)C[C@H](O)CCO[C@](O)(C(C)(C)C)C[C@@H]3CCO[C@H](/C=C/C(C)(C)[C@]1(O)O2)O3. The third-order valence-corrected chi connectivity index (χ3v) is 10.3. The number of ether oxygens (including phenoxy) is 7. The van der Waals surface area contributed by atoms with E-state index < -0.39 is 90.1 Å². The Morgan fingerprint density at radius 2 is 1.75 bits per heavy atom. The van der Waals surface area contributed by atoms with Gasteiger partial charge >= 0.3 is 17.9 Å². The van der Waals surface area contributed by atoms with Crippen molar-refractivity contribution in [2.24, 2.45) is 10.8 Å². The number of cyclic esters (lactones) is 1. The van der Waals surface area contributed by atoms with Crippen LogP contribution >= 0.6 is 0 Å². The third kappa shape index (κ3) is 12.8. The highest BCUT2D eigenvalue weighted by Crippen LogP contribution is 2.47. The van der Waals surface area contributed by atoms with Crippen molar-refractivity contribution in [1.29, 1.82) is 0 Å². The first kappa shape index (κ1) is 45.0. The van der Waals surface area contributed by atoms with Crippen LogP contribution in [0.3, 0.4) is 0 Å². The molecule has 4 N–H and O–H groups in total. The zero-order valence-corrected chi connectivity index (χ0v) is 32.7. The number of aliphatic hydroxyl groups excluding tert-OH is 2. The Morgan fingerprint density at radius 3 is 2.42 bits per heavy atom. The molecule has 3 aliphatic rings. The fourth-order valence-electron chi connectivity index (χ4n) is 6.70. The lowest BCUT2D eigenvalue weighted by atomic mass is 9.74. The quantitative estimate of drug-likeness (QED) is 0.0861. The molecule has 0 spiro atoms. The van der Waals surface area contributed by atoms with Gasteiger partial charge < -0.3 is 53.6 Å². The van der Waals surface area contributed by atoms with E-state index in [-0.39, 0.29) is 44.3 Å². The highest BCUT2D eigenvalue weighted by atomic mass is 16.7. The van der Waals surface area contributed by atoms with Gasteiger partial charge in [0.15, 0.2) is 18.2 Å². The standard InChI is InChI=1S/C39H64O14/c1-8-9-10-11-12-13-31(42)52-35-26(21-32(43)47-7)20-29-23-30(25-40)50-33(44)22-27(41)15-19-49-38(45,36(2,3)4)24-28-16-18-48-34(51-28)14-17-37(5,6)39(35,46)53-29/h14,17,21,27-30,34-35,40-41,45-46H,8-13,15-16,18-20,22-25H2,1-7H3/b17-14+,26-21+/t27-,28+,29+,30?,34+,35+,38+,39-/m1/s1. The van der Waals surface area contributed by atoms with Crippen molar-refractivity contribution in [3.05, 3.63) is 23.8 Å². The number of hydrogen-bond donors (Lipinski definition) is 4. The Kier molecular flexibility index (Phi) is 16.9. The predicted octanol–water partition coefficient (Wildman–Crippen LogP) is 4.14. The number of carbonyl (C=O) groups excluding carboxylic acids is 3.